The zero-order valence-electron chi connectivity index (χ0n) is 12.5. The summed E-state index contributed by atoms with van der Waals surface area (Å²) >= 11 is 0. The lowest BCUT2D eigenvalue weighted by molar-refractivity contribution is 0.755. The quantitative estimate of drug-likeness (QED) is 0.608. The number of rotatable bonds is 6. The summed E-state index contributed by atoms with van der Waals surface area (Å²) in [7, 11) is 1.79. The van der Waals surface area contributed by atoms with Crippen molar-refractivity contribution in [2.24, 2.45) is 4.99 Å². The van der Waals surface area contributed by atoms with Gasteiger partial charge in [0, 0.05) is 38.9 Å². The SMILES string of the molecule is CCNC(=NC)NCCN(CC)c1cccc(C)c1. The Hall–Kier alpha value is -1.71. The molecule has 0 radical (unpaired) electrons. The van der Waals surface area contributed by atoms with E-state index in [2.05, 4.69) is 65.6 Å². The Bertz CT molecular complexity index is 401. The van der Waals surface area contributed by atoms with E-state index >= 15 is 0 Å². The second kappa shape index (κ2) is 8.40. The fourth-order valence-electron chi connectivity index (χ4n) is 1.99. The molecule has 0 saturated carbocycles. The van der Waals surface area contributed by atoms with E-state index in [0.717, 1.165) is 32.1 Å². The van der Waals surface area contributed by atoms with E-state index in [4.69, 9.17) is 0 Å². The summed E-state index contributed by atoms with van der Waals surface area (Å²) in [5.74, 6) is 0.864. The molecule has 0 aromatic heterocycles. The number of guanidine groups is 1. The van der Waals surface area contributed by atoms with Gasteiger partial charge in [-0.3, -0.25) is 4.99 Å². The van der Waals surface area contributed by atoms with Crippen LogP contribution in [0.15, 0.2) is 29.3 Å². The summed E-state index contributed by atoms with van der Waals surface area (Å²) in [4.78, 5) is 6.52. The molecule has 106 valence electrons. The molecule has 2 N–H and O–H groups in total. The topological polar surface area (TPSA) is 39.7 Å². The first-order valence-corrected chi connectivity index (χ1v) is 6.97. The van der Waals surface area contributed by atoms with Crippen molar-refractivity contribution >= 4 is 11.6 Å². The Morgan fingerprint density at radius 3 is 2.63 bits per heavy atom. The van der Waals surface area contributed by atoms with Gasteiger partial charge in [-0.1, -0.05) is 12.1 Å². The lowest BCUT2D eigenvalue weighted by atomic mass is 10.2. The third-order valence-corrected chi connectivity index (χ3v) is 2.99. The molecule has 1 rings (SSSR count). The van der Waals surface area contributed by atoms with Crippen LogP contribution in [0.4, 0.5) is 5.69 Å². The van der Waals surface area contributed by atoms with E-state index in [0.29, 0.717) is 0 Å². The minimum Gasteiger partial charge on any atom is -0.370 e. The Kier molecular flexibility index (Phi) is 6.79. The van der Waals surface area contributed by atoms with Crippen molar-refractivity contribution in [1.82, 2.24) is 10.6 Å². The molecule has 0 aliphatic rings. The molecule has 0 unspecified atom stereocenters. The van der Waals surface area contributed by atoms with E-state index in [-0.39, 0.29) is 0 Å². The molecule has 1 aromatic rings. The van der Waals surface area contributed by atoms with Crippen molar-refractivity contribution in [1.29, 1.82) is 0 Å². The molecule has 0 aliphatic heterocycles. The van der Waals surface area contributed by atoms with E-state index in [1.165, 1.54) is 11.3 Å². The van der Waals surface area contributed by atoms with Crippen LogP contribution in [0.1, 0.15) is 19.4 Å². The summed E-state index contributed by atoms with van der Waals surface area (Å²) in [5.41, 5.74) is 2.58. The Morgan fingerprint density at radius 1 is 1.26 bits per heavy atom. The van der Waals surface area contributed by atoms with Crippen LogP contribution in [0, 0.1) is 6.92 Å². The van der Waals surface area contributed by atoms with Gasteiger partial charge in [0.1, 0.15) is 0 Å². The Balaban J connectivity index is 2.49. The van der Waals surface area contributed by atoms with Gasteiger partial charge in [0.2, 0.25) is 0 Å². The molecule has 0 atom stereocenters. The van der Waals surface area contributed by atoms with Gasteiger partial charge in [0.05, 0.1) is 0 Å². The minimum atomic E-state index is 0.864. The molecule has 4 nitrogen and oxygen atoms in total. The maximum atomic E-state index is 4.16. The van der Waals surface area contributed by atoms with Crippen molar-refractivity contribution in [2.45, 2.75) is 20.8 Å². The largest absolute Gasteiger partial charge is 0.370 e. The number of hydrogen-bond acceptors (Lipinski definition) is 2. The highest BCUT2D eigenvalue weighted by Crippen LogP contribution is 2.14. The van der Waals surface area contributed by atoms with E-state index in [1.807, 2.05) is 0 Å². The van der Waals surface area contributed by atoms with Gasteiger partial charge in [0.25, 0.3) is 0 Å². The number of nitrogens with zero attached hydrogens (tertiary/aromatic N) is 2. The lowest BCUT2D eigenvalue weighted by Crippen LogP contribution is -2.41. The first-order valence-electron chi connectivity index (χ1n) is 6.97. The molecular weight excluding hydrogens is 236 g/mol. The standard InChI is InChI=1S/C15H26N4/c1-5-17-15(16-4)18-10-11-19(6-2)14-9-7-8-13(3)12-14/h7-9,12H,5-6,10-11H2,1-4H3,(H2,16,17,18). The number of anilines is 1. The average molecular weight is 262 g/mol. The second-order valence-electron chi connectivity index (χ2n) is 4.45. The molecule has 0 saturated heterocycles. The van der Waals surface area contributed by atoms with Crippen LogP contribution in [0.2, 0.25) is 0 Å². The Morgan fingerprint density at radius 2 is 2.05 bits per heavy atom. The smallest absolute Gasteiger partial charge is 0.191 e. The summed E-state index contributed by atoms with van der Waals surface area (Å²) in [5, 5.41) is 6.51. The molecule has 0 heterocycles. The number of hydrogen-bond donors (Lipinski definition) is 2. The molecule has 19 heavy (non-hydrogen) atoms. The van der Waals surface area contributed by atoms with Crippen LogP contribution in [0.3, 0.4) is 0 Å². The highest BCUT2D eigenvalue weighted by molar-refractivity contribution is 5.79. The summed E-state index contributed by atoms with van der Waals surface area (Å²) in [6, 6.07) is 8.62. The van der Waals surface area contributed by atoms with Crippen molar-refractivity contribution < 1.29 is 0 Å². The van der Waals surface area contributed by atoms with Crippen molar-refractivity contribution in [2.75, 3.05) is 38.1 Å². The molecule has 0 bridgehead atoms. The number of nitrogens with one attached hydrogen (secondary N) is 2. The predicted octanol–water partition coefficient (Wildman–Crippen LogP) is 2.01. The molecule has 0 amide bonds. The first-order chi connectivity index (χ1) is 9.21. The monoisotopic (exact) mass is 262 g/mol. The van der Waals surface area contributed by atoms with Gasteiger partial charge in [-0.2, -0.15) is 0 Å². The highest BCUT2D eigenvalue weighted by atomic mass is 15.2. The van der Waals surface area contributed by atoms with Gasteiger partial charge in [-0.15, -0.1) is 0 Å². The molecule has 4 heteroatoms. The van der Waals surface area contributed by atoms with Crippen molar-refractivity contribution in [3.8, 4) is 0 Å². The molecule has 1 aromatic carbocycles. The predicted molar refractivity (Wildman–Crippen MR) is 84.1 cm³/mol. The van der Waals surface area contributed by atoms with E-state index < -0.39 is 0 Å². The van der Waals surface area contributed by atoms with Crippen LogP contribution in [-0.4, -0.2) is 39.2 Å². The highest BCUT2D eigenvalue weighted by Gasteiger charge is 2.04. The van der Waals surface area contributed by atoms with Crippen LogP contribution >= 0.6 is 0 Å². The van der Waals surface area contributed by atoms with Gasteiger partial charge < -0.3 is 15.5 Å². The van der Waals surface area contributed by atoms with E-state index in [9.17, 15) is 0 Å². The summed E-state index contributed by atoms with van der Waals surface area (Å²) in [6.45, 7) is 10.1. The molecular formula is C15H26N4. The molecule has 0 aliphatic carbocycles. The third kappa shape index (κ3) is 5.20. The van der Waals surface area contributed by atoms with E-state index in [1.54, 1.807) is 7.05 Å². The zero-order valence-corrected chi connectivity index (χ0v) is 12.5. The van der Waals surface area contributed by atoms with Crippen molar-refractivity contribution in [3.05, 3.63) is 29.8 Å². The van der Waals surface area contributed by atoms with Crippen LogP contribution in [-0.2, 0) is 0 Å². The average Bonchev–Trinajstić information content (AvgIpc) is 2.42. The van der Waals surface area contributed by atoms with Gasteiger partial charge in [0.15, 0.2) is 5.96 Å². The fraction of sp³-hybridized carbons (Fsp3) is 0.533. The van der Waals surface area contributed by atoms with Crippen LogP contribution < -0.4 is 15.5 Å². The number of aryl methyl sites for hydroxylation is 1. The second-order valence-corrected chi connectivity index (χ2v) is 4.45. The summed E-state index contributed by atoms with van der Waals surface area (Å²) in [6.07, 6.45) is 0. The maximum absolute atomic E-state index is 4.16. The minimum absolute atomic E-state index is 0.864. The van der Waals surface area contributed by atoms with Gasteiger partial charge in [-0.05, 0) is 38.5 Å². The molecule has 0 spiro atoms. The van der Waals surface area contributed by atoms with Crippen LogP contribution in [0.25, 0.3) is 0 Å². The number of likely N-dealkylation sites (N-methyl/N-ethyl adjacent to an activating group) is 1. The Labute approximate surface area is 116 Å². The summed E-state index contributed by atoms with van der Waals surface area (Å²) < 4.78 is 0. The van der Waals surface area contributed by atoms with Crippen molar-refractivity contribution in [3.63, 3.8) is 0 Å². The number of aliphatic imine (C=N–C) groups is 1. The van der Waals surface area contributed by atoms with Crippen LogP contribution in [0.5, 0.6) is 0 Å². The first kappa shape index (κ1) is 15.3. The fourth-order valence-corrected chi connectivity index (χ4v) is 1.99. The van der Waals surface area contributed by atoms with Gasteiger partial charge in [-0.25, -0.2) is 0 Å². The van der Waals surface area contributed by atoms with Gasteiger partial charge >= 0.3 is 0 Å². The molecule has 0 fully saturated rings. The normalized spacial score (nSPS) is 11.3. The number of benzene rings is 1. The third-order valence-electron chi connectivity index (χ3n) is 2.99. The zero-order chi connectivity index (χ0) is 14.1. The maximum Gasteiger partial charge on any atom is 0.191 e. The lowest BCUT2D eigenvalue weighted by Gasteiger charge is -2.24.